The summed E-state index contributed by atoms with van der Waals surface area (Å²) < 4.78 is 6.47. The average molecular weight is 298 g/mol. The first kappa shape index (κ1) is 13.8. The number of benzene rings is 4. The van der Waals surface area contributed by atoms with Gasteiger partial charge in [-0.25, -0.2) is 0 Å². The summed E-state index contributed by atoms with van der Waals surface area (Å²) in [6.45, 7) is 4.20. The normalized spacial score (nSPS) is 11.0. The largest absolute Gasteiger partial charge is 0.456 e. The van der Waals surface area contributed by atoms with Crippen molar-refractivity contribution in [2.45, 2.75) is 13.8 Å². The van der Waals surface area contributed by atoms with Crippen molar-refractivity contribution in [3.8, 4) is 11.5 Å². The van der Waals surface area contributed by atoms with Gasteiger partial charge in [0.2, 0.25) is 0 Å². The predicted octanol–water partition coefficient (Wildman–Crippen LogP) is 6.40. The molecule has 0 saturated carbocycles. The molecule has 0 aliphatic rings. The topological polar surface area (TPSA) is 9.23 Å². The monoisotopic (exact) mass is 298 g/mol. The molecule has 0 bridgehead atoms. The minimum atomic E-state index is 0.947. The summed E-state index contributed by atoms with van der Waals surface area (Å²) in [4.78, 5) is 0. The summed E-state index contributed by atoms with van der Waals surface area (Å²) >= 11 is 0. The molecule has 0 heterocycles. The molecule has 112 valence electrons. The lowest BCUT2D eigenvalue weighted by molar-refractivity contribution is 0.486. The Balaban J connectivity index is 1.95. The van der Waals surface area contributed by atoms with Gasteiger partial charge in [0.25, 0.3) is 0 Å². The van der Waals surface area contributed by atoms with Gasteiger partial charge in [0.15, 0.2) is 0 Å². The van der Waals surface area contributed by atoms with Crippen LogP contribution in [0.2, 0.25) is 0 Å². The molecular weight excluding hydrogens is 280 g/mol. The molecule has 0 fully saturated rings. The minimum Gasteiger partial charge on any atom is -0.456 e. The molecule has 0 N–H and O–H groups in total. The van der Waals surface area contributed by atoms with Crippen LogP contribution in [0.4, 0.5) is 0 Å². The third kappa shape index (κ3) is 2.35. The van der Waals surface area contributed by atoms with Gasteiger partial charge in [-0.15, -0.1) is 0 Å². The molecule has 1 nitrogen and oxygen atoms in total. The summed E-state index contributed by atoms with van der Waals surface area (Å²) in [5.74, 6) is 1.89. The number of hydrogen-bond acceptors (Lipinski definition) is 1. The summed E-state index contributed by atoms with van der Waals surface area (Å²) in [7, 11) is 0. The van der Waals surface area contributed by atoms with E-state index in [9.17, 15) is 0 Å². The second-order valence-corrected chi connectivity index (χ2v) is 5.97. The van der Waals surface area contributed by atoms with Gasteiger partial charge in [-0.3, -0.25) is 0 Å². The maximum atomic E-state index is 6.47. The van der Waals surface area contributed by atoms with Crippen molar-refractivity contribution in [1.29, 1.82) is 0 Å². The van der Waals surface area contributed by atoms with Crippen LogP contribution in [-0.2, 0) is 0 Å². The van der Waals surface area contributed by atoms with Crippen molar-refractivity contribution in [2.24, 2.45) is 0 Å². The average Bonchev–Trinajstić information content (AvgIpc) is 2.59. The van der Waals surface area contributed by atoms with E-state index in [0.717, 1.165) is 33.4 Å². The SMILES string of the molecule is Cc1ccc2ccccc2c1Oc1c(C)ccc2ccccc12. The highest BCUT2D eigenvalue weighted by molar-refractivity contribution is 5.92. The second kappa shape index (κ2) is 5.44. The van der Waals surface area contributed by atoms with E-state index in [1.807, 2.05) is 0 Å². The van der Waals surface area contributed by atoms with E-state index < -0.39 is 0 Å². The first-order valence-corrected chi connectivity index (χ1v) is 7.88. The van der Waals surface area contributed by atoms with Crippen molar-refractivity contribution >= 4 is 21.5 Å². The highest BCUT2D eigenvalue weighted by atomic mass is 16.5. The van der Waals surface area contributed by atoms with E-state index in [2.05, 4.69) is 86.6 Å². The van der Waals surface area contributed by atoms with Crippen LogP contribution in [-0.4, -0.2) is 0 Å². The Labute approximate surface area is 136 Å². The summed E-state index contributed by atoms with van der Waals surface area (Å²) in [6.07, 6.45) is 0. The van der Waals surface area contributed by atoms with Crippen LogP contribution in [0.5, 0.6) is 11.5 Å². The van der Waals surface area contributed by atoms with Crippen LogP contribution in [0.15, 0.2) is 72.8 Å². The molecule has 0 aromatic heterocycles. The van der Waals surface area contributed by atoms with Crippen molar-refractivity contribution in [3.05, 3.63) is 83.9 Å². The van der Waals surface area contributed by atoms with Crippen molar-refractivity contribution in [3.63, 3.8) is 0 Å². The molecule has 0 amide bonds. The van der Waals surface area contributed by atoms with Gasteiger partial charge in [0.1, 0.15) is 11.5 Å². The fourth-order valence-corrected chi connectivity index (χ4v) is 3.08. The lowest BCUT2D eigenvalue weighted by Crippen LogP contribution is -1.93. The molecular formula is C22H18O. The maximum Gasteiger partial charge on any atom is 0.138 e. The summed E-state index contributed by atoms with van der Waals surface area (Å²) in [6, 6.07) is 25.3. The molecule has 0 spiro atoms. The third-order valence-corrected chi connectivity index (χ3v) is 4.36. The standard InChI is InChI=1S/C22H18O/c1-15-11-13-17-7-3-5-9-19(17)21(15)23-22-16(2)12-14-18-8-4-6-10-20(18)22/h3-14H,1-2H3. The molecule has 1 heteroatoms. The Kier molecular flexibility index (Phi) is 3.27. The Morgan fingerprint density at radius 1 is 0.522 bits per heavy atom. The Hall–Kier alpha value is -2.80. The van der Waals surface area contributed by atoms with E-state index in [-0.39, 0.29) is 0 Å². The van der Waals surface area contributed by atoms with Gasteiger partial charge in [-0.1, -0.05) is 72.8 Å². The van der Waals surface area contributed by atoms with Crippen LogP contribution < -0.4 is 4.74 Å². The fraction of sp³-hybridized carbons (Fsp3) is 0.0909. The van der Waals surface area contributed by atoms with Crippen LogP contribution in [0.25, 0.3) is 21.5 Å². The number of ether oxygens (including phenoxy) is 1. The van der Waals surface area contributed by atoms with E-state index in [0.29, 0.717) is 0 Å². The van der Waals surface area contributed by atoms with Gasteiger partial charge in [-0.2, -0.15) is 0 Å². The fourth-order valence-electron chi connectivity index (χ4n) is 3.08. The molecule has 0 radical (unpaired) electrons. The molecule has 0 aliphatic carbocycles. The van der Waals surface area contributed by atoms with Crippen LogP contribution in [0.1, 0.15) is 11.1 Å². The number of hydrogen-bond donors (Lipinski definition) is 0. The molecule has 0 unspecified atom stereocenters. The summed E-state index contributed by atoms with van der Waals surface area (Å²) in [5, 5.41) is 4.71. The Morgan fingerprint density at radius 3 is 1.43 bits per heavy atom. The molecule has 0 saturated heterocycles. The third-order valence-electron chi connectivity index (χ3n) is 4.36. The molecule has 0 aliphatic heterocycles. The van der Waals surface area contributed by atoms with Crippen LogP contribution >= 0.6 is 0 Å². The zero-order valence-corrected chi connectivity index (χ0v) is 13.3. The van der Waals surface area contributed by atoms with E-state index in [4.69, 9.17) is 4.74 Å². The Bertz CT molecular complexity index is 931. The van der Waals surface area contributed by atoms with Crippen molar-refractivity contribution < 1.29 is 4.74 Å². The van der Waals surface area contributed by atoms with Gasteiger partial charge in [0.05, 0.1) is 0 Å². The second-order valence-electron chi connectivity index (χ2n) is 5.97. The quantitative estimate of drug-likeness (QED) is 0.416. The number of aryl methyl sites for hydroxylation is 2. The van der Waals surface area contributed by atoms with Gasteiger partial charge in [-0.05, 0) is 35.7 Å². The van der Waals surface area contributed by atoms with Crippen LogP contribution in [0.3, 0.4) is 0 Å². The molecule has 4 rings (SSSR count). The van der Waals surface area contributed by atoms with Gasteiger partial charge in [0, 0.05) is 10.8 Å². The summed E-state index contributed by atoms with van der Waals surface area (Å²) in [5.41, 5.74) is 2.30. The zero-order chi connectivity index (χ0) is 15.8. The molecule has 0 atom stereocenters. The first-order chi connectivity index (χ1) is 11.2. The number of fused-ring (bicyclic) bond motifs is 2. The highest BCUT2D eigenvalue weighted by Gasteiger charge is 2.11. The Morgan fingerprint density at radius 2 is 0.957 bits per heavy atom. The van der Waals surface area contributed by atoms with Crippen LogP contribution in [0, 0.1) is 13.8 Å². The highest BCUT2D eigenvalue weighted by Crippen LogP contribution is 2.38. The smallest absolute Gasteiger partial charge is 0.138 e. The van der Waals surface area contributed by atoms with Gasteiger partial charge >= 0.3 is 0 Å². The maximum absolute atomic E-state index is 6.47. The zero-order valence-electron chi connectivity index (χ0n) is 13.3. The molecule has 23 heavy (non-hydrogen) atoms. The van der Waals surface area contributed by atoms with Crippen molar-refractivity contribution in [1.82, 2.24) is 0 Å². The van der Waals surface area contributed by atoms with E-state index in [1.165, 1.54) is 10.8 Å². The van der Waals surface area contributed by atoms with E-state index in [1.54, 1.807) is 0 Å². The van der Waals surface area contributed by atoms with Crippen molar-refractivity contribution in [2.75, 3.05) is 0 Å². The minimum absolute atomic E-state index is 0.947. The van der Waals surface area contributed by atoms with E-state index >= 15 is 0 Å². The van der Waals surface area contributed by atoms with Gasteiger partial charge < -0.3 is 4.74 Å². The lowest BCUT2D eigenvalue weighted by atomic mass is 10.0. The first-order valence-electron chi connectivity index (χ1n) is 7.88. The number of rotatable bonds is 2. The predicted molar refractivity (Wildman–Crippen MR) is 97.4 cm³/mol. The molecule has 4 aromatic carbocycles. The molecule has 4 aromatic rings. The lowest BCUT2D eigenvalue weighted by Gasteiger charge is -2.16.